The Morgan fingerprint density at radius 2 is 2.39 bits per heavy atom. The molecule has 1 aliphatic rings. The first-order valence-electron chi connectivity index (χ1n) is 6.35. The fourth-order valence-corrected chi connectivity index (χ4v) is 1.61. The van der Waals surface area contributed by atoms with Crippen LogP contribution in [0.25, 0.3) is 0 Å². The van der Waals surface area contributed by atoms with Crippen molar-refractivity contribution >= 4 is 11.6 Å². The van der Waals surface area contributed by atoms with Crippen LogP contribution in [0.5, 0.6) is 0 Å². The van der Waals surface area contributed by atoms with Crippen LogP contribution < -0.4 is 11.1 Å². The van der Waals surface area contributed by atoms with E-state index in [1.807, 2.05) is 0 Å². The molecule has 0 unspecified atom stereocenters. The van der Waals surface area contributed by atoms with Crippen molar-refractivity contribution in [1.82, 2.24) is 15.5 Å². The highest BCUT2D eigenvalue weighted by Crippen LogP contribution is 2.28. The Balaban J connectivity index is 1.60. The van der Waals surface area contributed by atoms with Gasteiger partial charge < -0.3 is 15.8 Å². The number of H-pyrrole nitrogens is 1. The molecular weight excluding hydrogens is 232 g/mol. The van der Waals surface area contributed by atoms with Gasteiger partial charge in [0, 0.05) is 19.8 Å². The lowest BCUT2D eigenvalue weighted by Crippen LogP contribution is -2.26. The highest BCUT2D eigenvalue weighted by molar-refractivity contribution is 5.97. The van der Waals surface area contributed by atoms with E-state index in [0.29, 0.717) is 24.5 Å². The van der Waals surface area contributed by atoms with Gasteiger partial charge in [0.25, 0.3) is 5.91 Å². The lowest BCUT2D eigenvalue weighted by Gasteiger charge is -2.05. The van der Waals surface area contributed by atoms with Crippen LogP contribution in [0.1, 0.15) is 35.4 Å². The third-order valence-electron chi connectivity index (χ3n) is 3.01. The molecular formula is C12H20N4O2. The third kappa shape index (κ3) is 3.46. The number of hydrogen-bond donors (Lipinski definition) is 3. The number of ether oxygens (including phenoxy) is 1. The number of hydrogen-bond acceptors (Lipinski definition) is 4. The Bertz CT molecular complexity index is 412. The Labute approximate surface area is 106 Å². The number of anilines is 1. The summed E-state index contributed by atoms with van der Waals surface area (Å²) in [5.41, 5.74) is 7.12. The first kappa shape index (κ1) is 12.9. The summed E-state index contributed by atoms with van der Waals surface area (Å²) < 4.78 is 5.48. The molecule has 100 valence electrons. The van der Waals surface area contributed by atoms with Gasteiger partial charge in [-0.1, -0.05) is 0 Å². The number of aryl methyl sites for hydroxylation is 1. The van der Waals surface area contributed by atoms with Gasteiger partial charge >= 0.3 is 0 Å². The average Bonchev–Trinajstić information content (AvgIpc) is 3.11. The molecule has 6 nitrogen and oxygen atoms in total. The predicted octanol–water partition coefficient (Wildman–Crippen LogP) is 0.847. The smallest absolute Gasteiger partial charge is 0.273 e. The molecule has 0 aromatic carbocycles. The van der Waals surface area contributed by atoms with Gasteiger partial charge in [-0.3, -0.25) is 9.89 Å². The van der Waals surface area contributed by atoms with Crippen molar-refractivity contribution in [1.29, 1.82) is 0 Å². The number of nitrogens with one attached hydrogen (secondary N) is 2. The van der Waals surface area contributed by atoms with E-state index in [1.54, 1.807) is 6.92 Å². The van der Waals surface area contributed by atoms with Crippen molar-refractivity contribution in [2.75, 3.05) is 25.5 Å². The number of aromatic amines is 1. The van der Waals surface area contributed by atoms with E-state index in [0.717, 1.165) is 18.9 Å². The van der Waals surface area contributed by atoms with E-state index < -0.39 is 0 Å². The number of nitrogens with zero attached hydrogens (tertiary/aromatic N) is 1. The van der Waals surface area contributed by atoms with Crippen molar-refractivity contribution in [2.24, 2.45) is 5.92 Å². The Morgan fingerprint density at radius 3 is 3.00 bits per heavy atom. The molecule has 2 rings (SSSR count). The maximum Gasteiger partial charge on any atom is 0.273 e. The average molecular weight is 252 g/mol. The molecule has 1 saturated carbocycles. The summed E-state index contributed by atoms with van der Waals surface area (Å²) in [4.78, 5) is 11.7. The minimum absolute atomic E-state index is 0.237. The Morgan fingerprint density at radius 1 is 1.61 bits per heavy atom. The van der Waals surface area contributed by atoms with E-state index in [2.05, 4.69) is 15.5 Å². The molecule has 1 aliphatic carbocycles. The lowest BCUT2D eigenvalue weighted by molar-refractivity contribution is 0.0933. The number of amides is 1. The third-order valence-corrected chi connectivity index (χ3v) is 3.01. The monoisotopic (exact) mass is 252 g/mol. The van der Waals surface area contributed by atoms with E-state index in [-0.39, 0.29) is 11.6 Å². The van der Waals surface area contributed by atoms with Gasteiger partial charge in [0.1, 0.15) is 0 Å². The second-order valence-corrected chi connectivity index (χ2v) is 4.74. The van der Waals surface area contributed by atoms with E-state index in [4.69, 9.17) is 10.5 Å². The molecule has 1 fully saturated rings. The quantitative estimate of drug-likeness (QED) is 0.627. The molecule has 0 atom stereocenters. The summed E-state index contributed by atoms with van der Waals surface area (Å²) in [5.74, 6) is 0.547. The van der Waals surface area contributed by atoms with Gasteiger partial charge in [0.05, 0.1) is 11.4 Å². The van der Waals surface area contributed by atoms with Gasteiger partial charge in [0.2, 0.25) is 0 Å². The summed E-state index contributed by atoms with van der Waals surface area (Å²) in [6.07, 6.45) is 3.41. The van der Waals surface area contributed by atoms with E-state index >= 15 is 0 Å². The Kier molecular flexibility index (Phi) is 4.19. The number of carbonyl (C=O) groups excluding carboxylic acids is 1. The Hall–Kier alpha value is -1.56. The summed E-state index contributed by atoms with van der Waals surface area (Å²) in [6, 6.07) is 0. The van der Waals surface area contributed by atoms with Gasteiger partial charge in [-0.25, -0.2) is 0 Å². The SMILES string of the molecule is Cc1[nH]nc(C(=O)NCCCOCC2CC2)c1N. The molecule has 1 amide bonds. The molecule has 1 aromatic rings. The predicted molar refractivity (Wildman–Crippen MR) is 68.2 cm³/mol. The zero-order valence-electron chi connectivity index (χ0n) is 10.7. The minimum atomic E-state index is -0.237. The van der Waals surface area contributed by atoms with Crippen LogP contribution >= 0.6 is 0 Å². The minimum Gasteiger partial charge on any atom is -0.395 e. The van der Waals surface area contributed by atoms with Crippen molar-refractivity contribution < 1.29 is 9.53 Å². The van der Waals surface area contributed by atoms with Gasteiger partial charge in [-0.15, -0.1) is 0 Å². The van der Waals surface area contributed by atoms with Crippen LogP contribution in [0.15, 0.2) is 0 Å². The molecule has 0 bridgehead atoms. The second kappa shape index (κ2) is 5.86. The number of nitrogen functional groups attached to an aromatic ring is 1. The van der Waals surface area contributed by atoms with Gasteiger partial charge in [0.15, 0.2) is 5.69 Å². The van der Waals surface area contributed by atoms with Crippen molar-refractivity contribution in [3.63, 3.8) is 0 Å². The molecule has 0 radical (unpaired) electrons. The molecule has 18 heavy (non-hydrogen) atoms. The highest BCUT2D eigenvalue weighted by Gasteiger charge is 2.20. The standard InChI is InChI=1S/C12H20N4O2/c1-8-10(13)11(16-15-8)12(17)14-5-2-6-18-7-9-3-4-9/h9H,2-7,13H2,1H3,(H,14,17)(H,15,16). The number of rotatable bonds is 7. The van der Waals surface area contributed by atoms with Crippen LogP contribution in [0, 0.1) is 12.8 Å². The molecule has 0 aliphatic heterocycles. The lowest BCUT2D eigenvalue weighted by atomic mass is 10.3. The molecule has 1 heterocycles. The number of nitrogens with two attached hydrogens (primary N) is 1. The molecule has 0 spiro atoms. The molecule has 1 aromatic heterocycles. The maximum absolute atomic E-state index is 11.7. The summed E-state index contributed by atoms with van der Waals surface area (Å²) in [7, 11) is 0. The van der Waals surface area contributed by atoms with Crippen LogP contribution in [0.4, 0.5) is 5.69 Å². The molecule has 6 heteroatoms. The number of aromatic nitrogens is 2. The zero-order valence-corrected chi connectivity index (χ0v) is 10.7. The number of carbonyl (C=O) groups is 1. The second-order valence-electron chi connectivity index (χ2n) is 4.74. The van der Waals surface area contributed by atoms with Gasteiger partial charge in [-0.05, 0) is 32.1 Å². The highest BCUT2D eigenvalue weighted by atomic mass is 16.5. The normalized spacial score (nSPS) is 14.7. The largest absolute Gasteiger partial charge is 0.395 e. The van der Waals surface area contributed by atoms with Crippen LogP contribution in [-0.4, -0.2) is 35.9 Å². The van der Waals surface area contributed by atoms with Gasteiger partial charge in [-0.2, -0.15) is 5.10 Å². The molecule has 0 saturated heterocycles. The van der Waals surface area contributed by atoms with Crippen molar-refractivity contribution in [2.45, 2.75) is 26.2 Å². The van der Waals surface area contributed by atoms with E-state index in [9.17, 15) is 4.79 Å². The summed E-state index contributed by atoms with van der Waals surface area (Å²) in [5, 5.41) is 9.33. The summed E-state index contributed by atoms with van der Waals surface area (Å²) >= 11 is 0. The van der Waals surface area contributed by atoms with E-state index in [1.165, 1.54) is 12.8 Å². The van der Waals surface area contributed by atoms with Crippen LogP contribution in [0.3, 0.4) is 0 Å². The fourth-order valence-electron chi connectivity index (χ4n) is 1.61. The molecule has 4 N–H and O–H groups in total. The van der Waals surface area contributed by atoms with Crippen LogP contribution in [-0.2, 0) is 4.74 Å². The maximum atomic E-state index is 11.7. The van der Waals surface area contributed by atoms with Crippen molar-refractivity contribution in [3.05, 3.63) is 11.4 Å². The first-order chi connectivity index (χ1) is 8.68. The topological polar surface area (TPSA) is 93.0 Å². The van der Waals surface area contributed by atoms with Crippen LogP contribution in [0.2, 0.25) is 0 Å². The van der Waals surface area contributed by atoms with Crippen molar-refractivity contribution in [3.8, 4) is 0 Å². The summed E-state index contributed by atoms with van der Waals surface area (Å²) in [6.45, 7) is 3.91. The zero-order chi connectivity index (χ0) is 13.0. The fraction of sp³-hybridized carbons (Fsp3) is 0.667. The first-order valence-corrected chi connectivity index (χ1v) is 6.35.